The van der Waals surface area contributed by atoms with Crippen LogP contribution in [0.5, 0.6) is 0 Å². The van der Waals surface area contributed by atoms with E-state index in [0.717, 1.165) is 19.6 Å². The number of hydrogen-bond donors (Lipinski definition) is 1. The van der Waals surface area contributed by atoms with Crippen LogP contribution in [0.15, 0.2) is 28.8 Å². The molecule has 8 heteroatoms. The van der Waals surface area contributed by atoms with E-state index in [1.165, 1.54) is 0 Å². The average molecular weight is 378 g/mol. The van der Waals surface area contributed by atoms with Crippen molar-refractivity contribution in [3.05, 3.63) is 23.8 Å². The van der Waals surface area contributed by atoms with E-state index < -0.39 is 5.92 Å². The zero-order valence-corrected chi connectivity index (χ0v) is 16.3. The molecule has 0 aromatic rings. The van der Waals surface area contributed by atoms with E-state index in [2.05, 4.69) is 29.1 Å². The van der Waals surface area contributed by atoms with Crippen molar-refractivity contribution in [2.24, 2.45) is 10.9 Å². The lowest BCUT2D eigenvalue weighted by molar-refractivity contribution is -0.128. The third-order valence-electron chi connectivity index (χ3n) is 4.47. The number of thiocarbonyl (C=S) groups is 1. The van der Waals surface area contributed by atoms with Gasteiger partial charge < -0.3 is 15.0 Å². The number of ether oxygens (including phenoxy) is 1. The maximum atomic E-state index is 12.8. The lowest BCUT2D eigenvalue weighted by Crippen LogP contribution is -2.49. The molecule has 0 radical (unpaired) electrons. The number of aliphatic imine (C=N–C) groups is 1. The monoisotopic (exact) mass is 378 g/mol. The Morgan fingerprint density at radius 1 is 1.42 bits per heavy atom. The summed E-state index contributed by atoms with van der Waals surface area (Å²) in [5.41, 5.74) is 0.988. The van der Waals surface area contributed by atoms with E-state index in [1.54, 1.807) is 30.2 Å². The molecule has 1 N–H and O–H groups in total. The van der Waals surface area contributed by atoms with Crippen LogP contribution in [-0.2, 0) is 14.3 Å². The van der Waals surface area contributed by atoms with Gasteiger partial charge in [-0.05, 0) is 31.4 Å². The number of allylic oxidation sites excluding steroid dienone is 1. The molecule has 1 aliphatic heterocycles. The van der Waals surface area contributed by atoms with Crippen molar-refractivity contribution in [1.29, 1.82) is 0 Å². The SMILES string of the molecule is CCN(CC)CCN1C(=O)C2C=CC(C(=O)NCCOC)=CC2=NC1=S. The largest absolute Gasteiger partial charge is 0.383 e. The maximum Gasteiger partial charge on any atom is 0.251 e. The topological polar surface area (TPSA) is 74.2 Å². The van der Waals surface area contributed by atoms with Gasteiger partial charge in [-0.2, -0.15) is 0 Å². The van der Waals surface area contributed by atoms with E-state index >= 15 is 0 Å². The second-order valence-electron chi connectivity index (χ2n) is 6.02. The van der Waals surface area contributed by atoms with Gasteiger partial charge in [0, 0.05) is 32.3 Å². The molecule has 1 heterocycles. The first kappa shape index (κ1) is 20.4. The van der Waals surface area contributed by atoms with E-state index in [4.69, 9.17) is 17.0 Å². The van der Waals surface area contributed by atoms with Gasteiger partial charge in [0.2, 0.25) is 11.0 Å². The third kappa shape index (κ3) is 4.84. The summed E-state index contributed by atoms with van der Waals surface area (Å²) in [6.07, 6.45) is 5.03. The minimum absolute atomic E-state index is 0.0847. The lowest BCUT2D eigenvalue weighted by Gasteiger charge is -2.32. The summed E-state index contributed by atoms with van der Waals surface area (Å²) in [5, 5.41) is 3.02. The molecule has 0 spiro atoms. The number of carbonyl (C=O) groups is 2. The highest BCUT2D eigenvalue weighted by Crippen LogP contribution is 2.22. The number of nitrogens with one attached hydrogen (secondary N) is 1. The molecule has 0 saturated heterocycles. The van der Waals surface area contributed by atoms with Crippen molar-refractivity contribution in [2.45, 2.75) is 13.8 Å². The van der Waals surface area contributed by atoms with Crippen molar-refractivity contribution in [3.63, 3.8) is 0 Å². The number of rotatable bonds is 9. The molecular formula is C18H26N4O3S. The predicted molar refractivity (Wildman–Crippen MR) is 105 cm³/mol. The molecule has 7 nitrogen and oxygen atoms in total. The van der Waals surface area contributed by atoms with Crippen LogP contribution in [0.25, 0.3) is 0 Å². The van der Waals surface area contributed by atoms with Gasteiger partial charge >= 0.3 is 0 Å². The minimum atomic E-state index is -0.478. The summed E-state index contributed by atoms with van der Waals surface area (Å²) >= 11 is 5.32. The normalized spacial score (nSPS) is 19.4. The Morgan fingerprint density at radius 3 is 2.81 bits per heavy atom. The van der Waals surface area contributed by atoms with E-state index in [-0.39, 0.29) is 16.9 Å². The molecule has 2 rings (SSSR count). The van der Waals surface area contributed by atoms with Crippen LogP contribution >= 0.6 is 12.2 Å². The Bertz CT molecular complexity index is 653. The van der Waals surface area contributed by atoms with Crippen LogP contribution in [-0.4, -0.2) is 78.9 Å². The molecule has 1 aliphatic carbocycles. The molecule has 0 aromatic heterocycles. The number of fused-ring (bicyclic) bond motifs is 1. The molecule has 0 aromatic carbocycles. The molecule has 0 fully saturated rings. The number of amides is 2. The van der Waals surface area contributed by atoms with Gasteiger partial charge in [0.05, 0.1) is 18.2 Å². The standard InChI is InChI=1S/C18H26N4O3S/c1-4-21(5-2)9-10-22-17(24)14-7-6-13(12-15(14)20-18(22)26)16(23)19-8-11-25-3/h6-7,12,14H,4-5,8-11H2,1-3H3,(H,19,23). The lowest BCUT2D eigenvalue weighted by atomic mass is 9.91. The zero-order chi connectivity index (χ0) is 19.1. The highest BCUT2D eigenvalue weighted by molar-refractivity contribution is 7.80. The molecule has 26 heavy (non-hydrogen) atoms. The number of hydrogen-bond acceptors (Lipinski definition) is 5. The van der Waals surface area contributed by atoms with Gasteiger partial charge in [-0.3, -0.25) is 14.5 Å². The van der Waals surface area contributed by atoms with Gasteiger partial charge in [0.25, 0.3) is 5.91 Å². The highest BCUT2D eigenvalue weighted by Gasteiger charge is 2.35. The fraction of sp³-hybridized carbons (Fsp3) is 0.556. The molecule has 1 atom stereocenters. The van der Waals surface area contributed by atoms with E-state index in [0.29, 0.717) is 31.0 Å². The molecule has 0 bridgehead atoms. The molecule has 142 valence electrons. The maximum absolute atomic E-state index is 12.8. The first-order valence-electron chi connectivity index (χ1n) is 8.85. The number of nitrogens with zero attached hydrogens (tertiary/aromatic N) is 3. The van der Waals surface area contributed by atoms with Gasteiger partial charge in [0.15, 0.2) is 0 Å². The Labute approximate surface area is 159 Å². The summed E-state index contributed by atoms with van der Waals surface area (Å²) in [5.74, 6) is -0.783. The summed E-state index contributed by atoms with van der Waals surface area (Å²) in [6.45, 7) is 8.16. The Balaban J connectivity index is 2.07. The Hall–Kier alpha value is -1.90. The first-order valence-corrected chi connectivity index (χ1v) is 9.25. The molecule has 2 amide bonds. The van der Waals surface area contributed by atoms with Crippen molar-refractivity contribution in [2.75, 3.05) is 46.4 Å². The van der Waals surface area contributed by atoms with E-state index in [9.17, 15) is 9.59 Å². The average Bonchev–Trinajstić information content (AvgIpc) is 2.64. The third-order valence-corrected chi connectivity index (χ3v) is 4.78. The van der Waals surface area contributed by atoms with Crippen LogP contribution in [0, 0.1) is 5.92 Å². The van der Waals surface area contributed by atoms with E-state index in [1.807, 2.05) is 0 Å². The van der Waals surface area contributed by atoms with Crippen LogP contribution < -0.4 is 5.32 Å². The predicted octanol–water partition coefficient (Wildman–Crippen LogP) is 0.771. The van der Waals surface area contributed by atoms with Gasteiger partial charge in [-0.25, -0.2) is 4.99 Å². The van der Waals surface area contributed by atoms with Crippen LogP contribution in [0.2, 0.25) is 0 Å². The zero-order valence-electron chi connectivity index (χ0n) is 15.5. The van der Waals surface area contributed by atoms with Crippen LogP contribution in [0.1, 0.15) is 13.8 Å². The van der Waals surface area contributed by atoms with Crippen LogP contribution in [0.3, 0.4) is 0 Å². The van der Waals surface area contributed by atoms with Gasteiger partial charge in [-0.1, -0.05) is 26.0 Å². The highest BCUT2D eigenvalue weighted by atomic mass is 32.1. The van der Waals surface area contributed by atoms with Crippen molar-refractivity contribution < 1.29 is 14.3 Å². The summed E-state index contributed by atoms with van der Waals surface area (Å²) in [7, 11) is 1.58. The summed E-state index contributed by atoms with van der Waals surface area (Å²) in [4.78, 5) is 33.1. The first-order chi connectivity index (χ1) is 12.5. The number of likely N-dealkylation sites (N-methyl/N-ethyl adjacent to an activating group) is 1. The Kier molecular flexibility index (Phi) is 7.62. The molecule has 2 aliphatic rings. The smallest absolute Gasteiger partial charge is 0.251 e. The molecular weight excluding hydrogens is 352 g/mol. The number of carbonyl (C=O) groups excluding carboxylic acids is 2. The van der Waals surface area contributed by atoms with Crippen LogP contribution in [0.4, 0.5) is 0 Å². The van der Waals surface area contributed by atoms with Crippen molar-refractivity contribution >= 4 is 34.9 Å². The summed E-state index contributed by atoms with van der Waals surface area (Å²) in [6, 6.07) is 0. The van der Waals surface area contributed by atoms with Gasteiger partial charge in [0.1, 0.15) is 0 Å². The molecule has 1 unspecified atom stereocenters. The fourth-order valence-corrected chi connectivity index (χ4v) is 3.12. The summed E-state index contributed by atoms with van der Waals surface area (Å²) < 4.78 is 4.91. The van der Waals surface area contributed by atoms with Crippen molar-refractivity contribution in [1.82, 2.24) is 15.1 Å². The van der Waals surface area contributed by atoms with Gasteiger partial charge in [-0.15, -0.1) is 0 Å². The van der Waals surface area contributed by atoms with Crippen molar-refractivity contribution in [3.8, 4) is 0 Å². The Morgan fingerprint density at radius 2 is 2.15 bits per heavy atom. The quantitative estimate of drug-likeness (QED) is 0.474. The second-order valence-corrected chi connectivity index (χ2v) is 6.39. The molecule has 0 saturated carbocycles. The fourth-order valence-electron chi connectivity index (χ4n) is 2.84. The second kappa shape index (κ2) is 9.70. The number of methoxy groups -OCH3 is 1. The minimum Gasteiger partial charge on any atom is -0.383 e.